The predicted molar refractivity (Wildman–Crippen MR) is 44.6 cm³/mol. The number of aromatic nitrogens is 1. The van der Waals surface area contributed by atoms with E-state index in [4.69, 9.17) is 16.7 Å². The number of hydrogen-bond donors (Lipinski definition) is 1. The fourth-order valence-corrected chi connectivity index (χ4v) is 0.980. The van der Waals surface area contributed by atoms with Gasteiger partial charge in [0.1, 0.15) is 5.15 Å². The SMILES string of the molecule is C[C@H](O)Cc1ccc(Cl)nc1. The topological polar surface area (TPSA) is 33.1 Å². The fourth-order valence-electron chi connectivity index (χ4n) is 0.868. The number of aliphatic hydroxyl groups is 1. The molecule has 60 valence electrons. The highest BCUT2D eigenvalue weighted by Gasteiger charge is 1.98. The van der Waals surface area contributed by atoms with E-state index < -0.39 is 0 Å². The summed E-state index contributed by atoms with van der Waals surface area (Å²) in [6.07, 6.45) is 1.98. The molecule has 0 aliphatic rings. The highest BCUT2D eigenvalue weighted by molar-refractivity contribution is 6.29. The lowest BCUT2D eigenvalue weighted by Crippen LogP contribution is -2.03. The summed E-state index contributed by atoms with van der Waals surface area (Å²) in [5.41, 5.74) is 1.00. The molecule has 0 spiro atoms. The Morgan fingerprint density at radius 3 is 2.82 bits per heavy atom. The van der Waals surface area contributed by atoms with E-state index in [-0.39, 0.29) is 6.10 Å². The Kier molecular flexibility index (Phi) is 2.85. The highest BCUT2D eigenvalue weighted by atomic mass is 35.5. The second-order valence-corrected chi connectivity index (χ2v) is 2.93. The molecule has 0 aliphatic heterocycles. The molecule has 2 nitrogen and oxygen atoms in total. The van der Waals surface area contributed by atoms with Crippen LogP contribution >= 0.6 is 11.6 Å². The number of halogens is 1. The summed E-state index contributed by atoms with van der Waals surface area (Å²) in [5.74, 6) is 0. The minimum absolute atomic E-state index is 0.321. The smallest absolute Gasteiger partial charge is 0.129 e. The van der Waals surface area contributed by atoms with Gasteiger partial charge in [-0.05, 0) is 25.0 Å². The molecule has 0 aliphatic carbocycles. The molecule has 1 N–H and O–H groups in total. The van der Waals surface area contributed by atoms with Crippen molar-refractivity contribution in [3.8, 4) is 0 Å². The number of hydrogen-bond acceptors (Lipinski definition) is 2. The molecular weight excluding hydrogens is 162 g/mol. The lowest BCUT2D eigenvalue weighted by molar-refractivity contribution is 0.195. The molecule has 1 atom stereocenters. The summed E-state index contributed by atoms with van der Waals surface area (Å²) in [5, 5.41) is 9.50. The third-order valence-corrected chi connectivity index (χ3v) is 1.54. The average Bonchev–Trinajstić information content (AvgIpc) is 1.93. The van der Waals surface area contributed by atoms with E-state index in [1.807, 2.05) is 6.07 Å². The molecule has 0 saturated heterocycles. The maximum Gasteiger partial charge on any atom is 0.129 e. The lowest BCUT2D eigenvalue weighted by atomic mass is 10.1. The van der Waals surface area contributed by atoms with Crippen LogP contribution in [0.5, 0.6) is 0 Å². The summed E-state index contributed by atoms with van der Waals surface area (Å²) in [4.78, 5) is 3.89. The second-order valence-electron chi connectivity index (χ2n) is 2.54. The van der Waals surface area contributed by atoms with Crippen molar-refractivity contribution in [2.45, 2.75) is 19.4 Å². The van der Waals surface area contributed by atoms with Gasteiger partial charge in [-0.1, -0.05) is 17.7 Å². The summed E-state index contributed by atoms with van der Waals surface area (Å²) in [6, 6.07) is 3.58. The zero-order chi connectivity index (χ0) is 8.27. The van der Waals surface area contributed by atoms with E-state index in [0.29, 0.717) is 11.6 Å². The molecule has 0 aromatic carbocycles. The summed E-state index contributed by atoms with van der Waals surface area (Å²) < 4.78 is 0. The number of pyridine rings is 1. The quantitative estimate of drug-likeness (QED) is 0.687. The van der Waals surface area contributed by atoms with E-state index in [9.17, 15) is 0 Å². The average molecular weight is 172 g/mol. The van der Waals surface area contributed by atoms with Gasteiger partial charge in [-0.15, -0.1) is 0 Å². The van der Waals surface area contributed by atoms with Gasteiger partial charge in [0.05, 0.1) is 6.10 Å². The van der Waals surface area contributed by atoms with Crippen molar-refractivity contribution < 1.29 is 5.11 Å². The first-order valence-corrected chi connectivity index (χ1v) is 3.85. The first kappa shape index (κ1) is 8.50. The Bertz CT molecular complexity index is 220. The van der Waals surface area contributed by atoms with Crippen LogP contribution in [0.4, 0.5) is 0 Å². The van der Waals surface area contributed by atoms with Gasteiger partial charge in [-0.2, -0.15) is 0 Å². The molecule has 0 fully saturated rings. The van der Waals surface area contributed by atoms with E-state index in [0.717, 1.165) is 5.56 Å². The third-order valence-electron chi connectivity index (χ3n) is 1.32. The minimum atomic E-state index is -0.321. The lowest BCUT2D eigenvalue weighted by Gasteiger charge is -2.02. The predicted octanol–water partition coefficient (Wildman–Crippen LogP) is 1.66. The van der Waals surface area contributed by atoms with Gasteiger partial charge in [0.25, 0.3) is 0 Å². The first-order valence-electron chi connectivity index (χ1n) is 3.47. The second kappa shape index (κ2) is 3.69. The zero-order valence-corrected chi connectivity index (χ0v) is 7.04. The van der Waals surface area contributed by atoms with Gasteiger partial charge in [0.15, 0.2) is 0 Å². The van der Waals surface area contributed by atoms with Gasteiger partial charge >= 0.3 is 0 Å². The minimum Gasteiger partial charge on any atom is -0.393 e. The van der Waals surface area contributed by atoms with Crippen LogP contribution in [0.1, 0.15) is 12.5 Å². The summed E-state index contributed by atoms with van der Waals surface area (Å²) >= 11 is 5.57. The number of nitrogens with zero attached hydrogens (tertiary/aromatic N) is 1. The van der Waals surface area contributed by atoms with Gasteiger partial charge in [-0.25, -0.2) is 4.98 Å². The van der Waals surface area contributed by atoms with Crippen molar-refractivity contribution in [2.24, 2.45) is 0 Å². The highest BCUT2D eigenvalue weighted by Crippen LogP contribution is 2.06. The molecule has 1 rings (SSSR count). The molecule has 1 aromatic rings. The van der Waals surface area contributed by atoms with E-state index in [1.165, 1.54) is 0 Å². The van der Waals surface area contributed by atoms with Crippen molar-refractivity contribution in [1.82, 2.24) is 4.98 Å². The Morgan fingerprint density at radius 1 is 1.64 bits per heavy atom. The fraction of sp³-hybridized carbons (Fsp3) is 0.375. The van der Waals surface area contributed by atoms with E-state index in [1.54, 1.807) is 19.2 Å². The van der Waals surface area contributed by atoms with Crippen molar-refractivity contribution in [3.63, 3.8) is 0 Å². The molecule has 0 bridgehead atoms. The van der Waals surface area contributed by atoms with Gasteiger partial charge in [0, 0.05) is 6.20 Å². The first-order chi connectivity index (χ1) is 5.18. The van der Waals surface area contributed by atoms with Crippen molar-refractivity contribution in [1.29, 1.82) is 0 Å². The molecule has 3 heteroatoms. The van der Waals surface area contributed by atoms with Crippen LogP contribution in [0.3, 0.4) is 0 Å². The largest absolute Gasteiger partial charge is 0.393 e. The Hall–Kier alpha value is -0.600. The summed E-state index contributed by atoms with van der Waals surface area (Å²) in [7, 11) is 0. The molecule has 1 heterocycles. The van der Waals surface area contributed by atoms with E-state index in [2.05, 4.69) is 4.98 Å². The van der Waals surface area contributed by atoms with Crippen LogP contribution in [0.15, 0.2) is 18.3 Å². The molecular formula is C8H10ClNO. The molecule has 1 aromatic heterocycles. The van der Waals surface area contributed by atoms with Crippen LogP contribution in [0, 0.1) is 0 Å². The maximum absolute atomic E-state index is 9.01. The van der Waals surface area contributed by atoms with Crippen molar-refractivity contribution in [3.05, 3.63) is 29.0 Å². The monoisotopic (exact) mass is 171 g/mol. The van der Waals surface area contributed by atoms with Crippen LogP contribution in [-0.4, -0.2) is 16.2 Å². The van der Waals surface area contributed by atoms with Gasteiger partial charge < -0.3 is 5.11 Å². The Morgan fingerprint density at radius 2 is 2.36 bits per heavy atom. The van der Waals surface area contributed by atoms with Crippen LogP contribution in [0.25, 0.3) is 0 Å². The maximum atomic E-state index is 9.01. The van der Waals surface area contributed by atoms with Crippen LogP contribution in [-0.2, 0) is 6.42 Å². The Balaban J connectivity index is 2.66. The molecule has 0 amide bonds. The van der Waals surface area contributed by atoms with Gasteiger partial charge in [-0.3, -0.25) is 0 Å². The van der Waals surface area contributed by atoms with Crippen LogP contribution in [0.2, 0.25) is 5.15 Å². The van der Waals surface area contributed by atoms with Crippen molar-refractivity contribution >= 4 is 11.6 Å². The van der Waals surface area contributed by atoms with Crippen LogP contribution < -0.4 is 0 Å². The van der Waals surface area contributed by atoms with E-state index >= 15 is 0 Å². The molecule has 0 saturated carbocycles. The molecule has 0 radical (unpaired) electrons. The van der Waals surface area contributed by atoms with Gasteiger partial charge in [0.2, 0.25) is 0 Å². The zero-order valence-electron chi connectivity index (χ0n) is 6.29. The Labute approximate surface area is 70.8 Å². The van der Waals surface area contributed by atoms with Crippen molar-refractivity contribution in [2.75, 3.05) is 0 Å². The number of rotatable bonds is 2. The molecule has 11 heavy (non-hydrogen) atoms. The molecule has 0 unspecified atom stereocenters. The number of aliphatic hydroxyl groups excluding tert-OH is 1. The standard InChI is InChI=1S/C8H10ClNO/c1-6(11)4-7-2-3-8(9)10-5-7/h2-3,5-6,11H,4H2,1H3/t6-/m0/s1. The normalized spacial score (nSPS) is 13.0. The summed E-state index contributed by atoms with van der Waals surface area (Å²) in [6.45, 7) is 1.74. The third kappa shape index (κ3) is 2.87.